The normalized spacial score (nSPS) is 36.8. The Bertz CT molecular complexity index is 1740. The maximum atomic E-state index is 14.6. The summed E-state index contributed by atoms with van der Waals surface area (Å²) in [5, 5.41) is 85.6. The summed E-state index contributed by atoms with van der Waals surface area (Å²) >= 11 is 0. The quantitative estimate of drug-likeness (QED) is 0.155. The van der Waals surface area contributed by atoms with Crippen LogP contribution in [0.3, 0.4) is 0 Å². The topological polar surface area (TPSA) is 261 Å². The number of hydrogen-bond donors (Lipinski definition) is 8. The molecule has 0 saturated carbocycles. The first-order valence-corrected chi connectivity index (χ1v) is 19.1. The minimum absolute atomic E-state index is 0.0375. The van der Waals surface area contributed by atoms with Crippen LogP contribution in [0.25, 0.3) is 10.8 Å². The molecule has 16 atom stereocenters. The summed E-state index contributed by atoms with van der Waals surface area (Å²) in [5.41, 5.74) is 0.339. The summed E-state index contributed by atoms with van der Waals surface area (Å²) in [6, 6.07) is 3.16. The Kier molecular flexibility index (Phi) is 13.0. The van der Waals surface area contributed by atoms with Crippen molar-refractivity contribution in [3.8, 4) is 17.2 Å². The molecular formula is C39H54O17. The number of rotatable bonds is 11. The molecule has 56 heavy (non-hydrogen) atoms. The highest BCUT2D eigenvalue weighted by Crippen LogP contribution is 2.47. The van der Waals surface area contributed by atoms with E-state index < -0.39 is 115 Å². The van der Waals surface area contributed by atoms with Gasteiger partial charge >= 0.3 is 0 Å². The number of fused-ring (bicyclic) bond motifs is 2. The van der Waals surface area contributed by atoms with E-state index in [4.69, 9.17) is 33.2 Å². The van der Waals surface area contributed by atoms with Crippen molar-refractivity contribution in [1.82, 2.24) is 0 Å². The molecule has 3 heterocycles. The Morgan fingerprint density at radius 3 is 2.11 bits per heavy atom. The fraction of sp³-hybridized carbons (Fsp3) is 0.692. The lowest BCUT2D eigenvalue weighted by Gasteiger charge is -2.43. The molecule has 1 aliphatic carbocycles. The number of methoxy groups -OCH3 is 1. The van der Waals surface area contributed by atoms with Crippen molar-refractivity contribution in [3.05, 3.63) is 28.8 Å². The summed E-state index contributed by atoms with van der Waals surface area (Å²) in [6.07, 6.45) is -16.2. The van der Waals surface area contributed by atoms with Gasteiger partial charge in [-0.1, -0.05) is 0 Å². The van der Waals surface area contributed by atoms with Crippen LogP contribution in [0.15, 0.2) is 12.1 Å². The Hall–Kier alpha value is -3.04. The number of aliphatic hydroxyl groups excluding tert-OH is 6. The number of ketones is 2. The van der Waals surface area contributed by atoms with Gasteiger partial charge in [0.25, 0.3) is 0 Å². The number of carbonyl (C=O) groups is 2. The molecule has 0 bridgehead atoms. The van der Waals surface area contributed by atoms with Crippen LogP contribution < -0.4 is 4.74 Å². The van der Waals surface area contributed by atoms with Gasteiger partial charge in [-0.15, -0.1) is 0 Å². The molecule has 6 rings (SSSR count). The van der Waals surface area contributed by atoms with Gasteiger partial charge in [0.05, 0.1) is 53.7 Å². The number of hydrogen-bond acceptors (Lipinski definition) is 17. The number of aliphatic hydroxyl groups is 6. The van der Waals surface area contributed by atoms with E-state index in [-0.39, 0.29) is 52.8 Å². The first-order chi connectivity index (χ1) is 26.4. The maximum Gasteiger partial charge on any atom is 0.200 e. The zero-order valence-corrected chi connectivity index (χ0v) is 32.2. The second-order valence-corrected chi connectivity index (χ2v) is 15.5. The summed E-state index contributed by atoms with van der Waals surface area (Å²) in [7, 11) is 1.21. The van der Waals surface area contributed by atoms with Gasteiger partial charge in [-0.2, -0.15) is 0 Å². The van der Waals surface area contributed by atoms with Crippen molar-refractivity contribution in [3.63, 3.8) is 0 Å². The van der Waals surface area contributed by atoms with Crippen LogP contribution in [0.4, 0.5) is 0 Å². The number of phenolic OH excluding ortho intramolecular Hbond substituents is 2. The third-order valence-corrected chi connectivity index (χ3v) is 11.5. The lowest BCUT2D eigenvalue weighted by atomic mass is 9.75. The zero-order valence-electron chi connectivity index (χ0n) is 32.2. The fourth-order valence-corrected chi connectivity index (χ4v) is 8.12. The van der Waals surface area contributed by atoms with Crippen LogP contribution in [0.2, 0.25) is 0 Å². The van der Waals surface area contributed by atoms with E-state index in [2.05, 4.69) is 0 Å². The summed E-state index contributed by atoms with van der Waals surface area (Å²) in [6.45, 7) is 7.65. The van der Waals surface area contributed by atoms with Crippen molar-refractivity contribution < 1.29 is 83.6 Å². The Labute approximate surface area is 323 Å². The maximum absolute atomic E-state index is 14.6. The second kappa shape index (κ2) is 17.1. The van der Waals surface area contributed by atoms with Crippen LogP contribution in [0.1, 0.15) is 74.9 Å². The molecule has 0 unspecified atom stereocenters. The molecular weight excluding hydrogens is 740 g/mol. The second-order valence-electron chi connectivity index (χ2n) is 15.5. The molecule has 2 aromatic carbocycles. The number of Topliss-reactive ketones (excluding diaryl/α,β-unsaturated/α-hetero) is 2. The number of aromatic hydroxyl groups is 2. The molecule has 3 aliphatic heterocycles. The molecule has 4 aliphatic rings. The largest absolute Gasteiger partial charge is 0.507 e. The SMILES string of the molecule is CO[C@H](C(=O)[C@@H](O)[C@@H](C)O)[C@@H]1Cc2cc3cc(O[C@H]4CC[C@H](O)[C@@H](C)O4)c(C)c(O)c3c(O)c2C(=O)[C@H]1O[C@H]1C[C@@H](O[C@H]2C[C@H](O)[C@@H](O)[C@@H](C)O2)[C@H](O)[C@@H](C)O1. The van der Waals surface area contributed by atoms with E-state index in [0.717, 1.165) is 0 Å². The van der Waals surface area contributed by atoms with E-state index in [1.54, 1.807) is 39.8 Å². The molecule has 0 aromatic heterocycles. The first kappa shape index (κ1) is 42.6. The van der Waals surface area contributed by atoms with Crippen molar-refractivity contribution >= 4 is 22.3 Å². The van der Waals surface area contributed by atoms with Crippen LogP contribution in [0.5, 0.6) is 17.2 Å². The van der Waals surface area contributed by atoms with Gasteiger partial charge in [-0.3, -0.25) is 9.59 Å². The van der Waals surface area contributed by atoms with Gasteiger partial charge < -0.3 is 74.0 Å². The van der Waals surface area contributed by atoms with Gasteiger partial charge in [0.15, 0.2) is 30.4 Å². The minimum Gasteiger partial charge on any atom is -0.507 e. The van der Waals surface area contributed by atoms with Gasteiger partial charge in [0.2, 0.25) is 0 Å². The summed E-state index contributed by atoms with van der Waals surface area (Å²) in [5.74, 6) is -3.52. The number of ether oxygens (including phenoxy) is 7. The standard InChI is InChI=1S/C39H54O17/c1-14-24(54-26-8-7-22(41)16(3)51-26)11-20-9-19-10-21(38(50-6)37(49)32(44)15(2)40)39(36(48)30(19)35(47)29(20)31(14)43)56-28-13-25(34(46)18(5)53-28)55-27-12-23(42)33(45)17(4)52-27/h9,11,15-18,21-23,25-28,32-34,38-47H,7-8,10,12-13H2,1-6H3/t15-,16-,17-,18-,21+,22+,23+,25-,26+,27+,28+,32+,33+,34-,38+,39+/m1/s1. The third-order valence-electron chi connectivity index (χ3n) is 11.5. The highest BCUT2D eigenvalue weighted by Gasteiger charge is 2.50. The van der Waals surface area contributed by atoms with E-state index in [0.29, 0.717) is 18.2 Å². The Morgan fingerprint density at radius 1 is 0.839 bits per heavy atom. The summed E-state index contributed by atoms with van der Waals surface area (Å²) < 4.78 is 41.5. The molecule has 17 nitrogen and oxygen atoms in total. The van der Waals surface area contributed by atoms with Crippen LogP contribution in [-0.4, -0.2) is 152 Å². The van der Waals surface area contributed by atoms with Gasteiger partial charge in [-0.05, 0) is 70.5 Å². The van der Waals surface area contributed by atoms with E-state index in [9.17, 15) is 50.4 Å². The molecule has 3 fully saturated rings. The van der Waals surface area contributed by atoms with Crippen molar-refractivity contribution in [2.45, 2.75) is 159 Å². The predicted molar refractivity (Wildman–Crippen MR) is 193 cm³/mol. The minimum atomic E-state index is -1.88. The molecule has 312 valence electrons. The van der Waals surface area contributed by atoms with Gasteiger partial charge in [-0.25, -0.2) is 0 Å². The Balaban J connectivity index is 1.35. The number of benzene rings is 2. The van der Waals surface area contributed by atoms with Gasteiger partial charge in [0, 0.05) is 37.9 Å². The molecule has 17 heteroatoms. The van der Waals surface area contributed by atoms with E-state index in [1.807, 2.05) is 0 Å². The number of phenols is 2. The molecule has 0 amide bonds. The zero-order chi connectivity index (χ0) is 40.9. The van der Waals surface area contributed by atoms with Crippen LogP contribution in [0, 0.1) is 12.8 Å². The molecule has 0 radical (unpaired) electrons. The fourth-order valence-electron chi connectivity index (χ4n) is 8.12. The average molecular weight is 795 g/mol. The van der Waals surface area contributed by atoms with E-state index >= 15 is 0 Å². The van der Waals surface area contributed by atoms with E-state index in [1.165, 1.54) is 14.0 Å². The van der Waals surface area contributed by atoms with Crippen LogP contribution in [-0.2, 0) is 39.6 Å². The predicted octanol–water partition coefficient (Wildman–Crippen LogP) is 0.628. The summed E-state index contributed by atoms with van der Waals surface area (Å²) in [4.78, 5) is 28.2. The average Bonchev–Trinajstić information content (AvgIpc) is 3.14. The third kappa shape index (κ3) is 8.28. The highest BCUT2D eigenvalue weighted by atomic mass is 16.7. The lowest BCUT2D eigenvalue weighted by molar-refractivity contribution is -0.311. The molecule has 0 spiro atoms. The van der Waals surface area contributed by atoms with Crippen molar-refractivity contribution in [2.24, 2.45) is 5.92 Å². The van der Waals surface area contributed by atoms with Gasteiger partial charge in [0.1, 0.15) is 47.8 Å². The first-order valence-electron chi connectivity index (χ1n) is 19.1. The smallest absolute Gasteiger partial charge is 0.200 e. The van der Waals surface area contributed by atoms with Crippen molar-refractivity contribution in [2.75, 3.05) is 7.11 Å². The molecule has 3 saturated heterocycles. The monoisotopic (exact) mass is 794 g/mol. The molecule has 8 N–H and O–H groups in total. The molecule has 2 aromatic rings. The lowest BCUT2D eigenvalue weighted by Crippen LogP contribution is -2.56. The highest BCUT2D eigenvalue weighted by molar-refractivity contribution is 6.11. The number of carbonyl (C=O) groups excluding carboxylic acids is 2. The van der Waals surface area contributed by atoms with Crippen molar-refractivity contribution in [1.29, 1.82) is 0 Å². The van der Waals surface area contributed by atoms with Crippen LogP contribution >= 0.6 is 0 Å². The Morgan fingerprint density at radius 2 is 1.48 bits per heavy atom.